The normalized spacial score (nSPS) is 12.3. The molecule has 3 heterocycles. The molecule has 0 fully saturated rings. The monoisotopic (exact) mass is 491 g/mol. The summed E-state index contributed by atoms with van der Waals surface area (Å²) in [4.78, 5) is 0.490. The lowest BCUT2D eigenvalue weighted by Gasteiger charge is -2.10. The van der Waals surface area contributed by atoms with Crippen molar-refractivity contribution in [1.82, 2.24) is 20.1 Å². The second kappa shape index (κ2) is 7.71. The topological polar surface area (TPSA) is 103 Å². The number of alkyl halides is 3. The van der Waals surface area contributed by atoms with E-state index in [2.05, 4.69) is 24.8 Å². The molecule has 5 rings (SSSR count). The minimum Gasteiger partial charge on any atom is -0.280 e. The summed E-state index contributed by atoms with van der Waals surface area (Å²) in [6.45, 7) is 0. The van der Waals surface area contributed by atoms with E-state index in [4.69, 9.17) is 0 Å². The lowest BCUT2D eigenvalue weighted by Crippen LogP contribution is -2.13. The molecule has 1 N–H and O–H groups in total. The number of anilines is 1. The third-order valence-electron chi connectivity index (χ3n) is 4.68. The van der Waals surface area contributed by atoms with E-state index in [0.29, 0.717) is 10.6 Å². The number of sulfonamides is 1. The number of rotatable bonds is 5. The Hall–Kier alpha value is -3.71. The van der Waals surface area contributed by atoms with Crippen molar-refractivity contribution < 1.29 is 26.2 Å². The molecule has 0 atom stereocenters. The molecular weight excluding hydrogens is 479 g/mol. The fourth-order valence-corrected chi connectivity index (χ4v) is 5.13. The first-order valence-corrected chi connectivity index (χ1v) is 11.6. The van der Waals surface area contributed by atoms with Gasteiger partial charge >= 0.3 is 6.18 Å². The van der Waals surface area contributed by atoms with E-state index in [1.54, 1.807) is 23.6 Å². The van der Waals surface area contributed by atoms with Gasteiger partial charge in [-0.15, -0.1) is 11.3 Å². The first kappa shape index (κ1) is 21.2. The van der Waals surface area contributed by atoms with Crippen LogP contribution in [0.5, 0.6) is 0 Å². The highest BCUT2D eigenvalue weighted by Gasteiger charge is 2.35. The summed E-state index contributed by atoms with van der Waals surface area (Å²) in [5.74, 6) is 0. The highest BCUT2D eigenvalue weighted by atomic mass is 32.2. The van der Waals surface area contributed by atoms with Gasteiger partial charge in [0.25, 0.3) is 10.0 Å². The van der Waals surface area contributed by atoms with E-state index in [1.165, 1.54) is 52.4 Å². The second-order valence-corrected chi connectivity index (χ2v) is 9.44. The molecule has 168 valence electrons. The minimum absolute atomic E-state index is 0.0819. The number of hydrogen-bond donors (Lipinski definition) is 1. The molecule has 0 amide bonds. The molecular formula is C20H12F3N5O3S2. The van der Waals surface area contributed by atoms with Gasteiger partial charge in [0.2, 0.25) is 0 Å². The molecule has 3 aromatic heterocycles. The second-order valence-electron chi connectivity index (χ2n) is 6.84. The van der Waals surface area contributed by atoms with E-state index >= 15 is 0 Å². The van der Waals surface area contributed by atoms with Crippen LogP contribution < -0.4 is 4.72 Å². The van der Waals surface area contributed by atoms with Crippen molar-refractivity contribution in [2.45, 2.75) is 11.1 Å². The van der Waals surface area contributed by atoms with Crippen molar-refractivity contribution in [3.05, 3.63) is 71.7 Å². The Labute approximate surface area is 188 Å². The smallest absolute Gasteiger partial charge is 0.280 e. The van der Waals surface area contributed by atoms with Gasteiger partial charge in [0.05, 0.1) is 16.3 Å². The van der Waals surface area contributed by atoms with E-state index in [9.17, 15) is 21.6 Å². The average molecular weight is 491 g/mol. The standard InChI is InChI=1S/C20H12F3N5O3S2/c21-20(22,23)18-11-15(16-4-2-10-32-16)28(24-18)13-8-6-12(7-9-13)27-33(29,30)17-5-1-3-14-19(17)26-31-25-14/h1-11,27H. The molecule has 13 heteroatoms. The molecule has 0 bridgehead atoms. The van der Waals surface area contributed by atoms with E-state index in [-0.39, 0.29) is 27.3 Å². The van der Waals surface area contributed by atoms with E-state index in [0.717, 1.165) is 6.07 Å². The minimum atomic E-state index is -4.61. The number of aromatic nitrogens is 4. The Bertz CT molecular complexity index is 1540. The maximum atomic E-state index is 13.3. The van der Waals surface area contributed by atoms with Crippen LogP contribution in [0.25, 0.3) is 27.3 Å². The Balaban J connectivity index is 1.48. The van der Waals surface area contributed by atoms with Gasteiger partial charge < -0.3 is 0 Å². The van der Waals surface area contributed by atoms with Crippen LogP contribution in [0.3, 0.4) is 0 Å². The van der Waals surface area contributed by atoms with Gasteiger partial charge in [0.15, 0.2) is 11.2 Å². The Morgan fingerprint density at radius 1 is 1.00 bits per heavy atom. The predicted octanol–water partition coefficient (Wildman–Crippen LogP) is 4.96. The maximum Gasteiger partial charge on any atom is 0.435 e. The van der Waals surface area contributed by atoms with Crippen LogP contribution in [0.1, 0.15) is 5.69 Å². The van der Waals surface area contributed by atoms with Crippen molar-refractivity contribution in [1.29, 1.82) is 0 Å². The summed E-state index contributed by atoms with van der Waals surface area (Å²) in [5, 5.41) is 12.7. The molecule has 0 aliphatic carbocycles. The SMILES string of the molecule is O=S(=O)(Nc1ccc(-n2nc(C(F)(F)F)cc2-c2cccs2)cc1)c1cccc2nonc12. The summed E-state index contributed by atoms with van der Waals surface area (Å²) in [6.07, 6.45) is -4.61. The van der Waals surface area contributed by atoms with Gasteiger partial charge in [-0.25, -0.2) is 17.7 Å². The van der Waals surface area contributed by atoms with Crippen LogP contribution in [-0.2, 0) is 16.2 Å². The molecule has 0 radical (unpaired) electrons. The molecule has 5 aromatic rings. The van der Waals surface area contributed by atoms with Crippen LogP contribution in [0.2, 0.25) is 0 Å². The first-order valence-electron chi connectivity index (χ1n) is 9.28. The molecule has 0 saturated heterocycles. The Kier molecular flexibility index (Phi) is 4.94. The van der Waals surface area contributed by atoms with Crippen molar-refractivity contribution >= 4 is 38.1 Å². The van der Waals surface area contributed by atoms with Gasteiger partial charge in [-0.3, -0.25) is 4.72 Å². The highest BCUT2D eigenvalue weighted by molar-refractivity contribution is 7.93. The van der Waals surface area contributed by atoms with Gasteiger partial charge in [-0.05, 0) is 64.2 Å². The van der Waals surface area contributed by atoms with Gasteiger partial charge in [0.1, 0.15) is 10.4 Å². The fourth-order valence-electron chi connectivity index (χ4n) is 3.20. The average Bonchev–Trinajstić information content (AvgIpc) is 3.52. The summed E-state index contributed by atoms with van der Waals surface area (Å²) in [5.41, 5.74) is 0.153. The van der Waals surface area contributed by atoms with E-state index in [1.807, 2.05) is 0 Å². The Morgan fingerprint density at radius 3 is 2.48 bits per heavy atom. The molecule has 0 saturated carbocycles. The van der Waals surface area contributed by atoms with Crippen molar-refractivity contribution in [3.63, 3.8) is 0 Å². The zero-order valence-electron chi connectivity index (χ0n) is 16.3. The van der Waals surface area contributed by atoms with Crippen LogP contribution in [0.4, 0.5) is 18.9 Å². The van der Waals surface area contributed by atoms with Crippen molar-refractivity contribution in [3.8, 4) is 16.3 Å². The van der Waals surface area contributed by atoms with Crippen LogP contribution in [0.15, 0.2) is 75.6 Å². The number of nitrogens with zero attached hydrogens (tertiary/aromatic N) is 4. The number of halogens is 3. The maximum absolute atomic E-state index is 13.3. The summed E-state index contributed by atoms with van der Waals surface area (Å²) >= 11 is 1.28. The molecule has 8 nitrogen and oxygen atoms in total. The van der Waals surface area contributed by atoms with Gasteiger partial charge in [-0.1, -0.05) is 12.1 Å². The molecule has 2 aromatic carbocycles. The van der Waals surface area contributed by atoms with Gasteiger partial charge in [-0.2, -0.15) is 18.3 Å². The first-order chi connectivity index (χ1) is 15.7. The van der Waals surface area contributed by atoms with E-state index < -0.39 is 21.9 Å². The summed E-state index contributed by atoms with van der Waals surface area (Å²) < 4.78 is 73.7. The van der Waals surface area contributed by atoms with Crippen LogP contribution >= 0.6 is 11.3 Å². The van der Waals surface area contributed by atoms with Gasteiger partial charge in [0, 0.05) is 5.69 Å². The summed E-state index contributed by atoms with van der Waals surface area (Å²) in [6, 6.07) is 14.6. The Morgan fingerprint density at radius 2 is 1.79 bits per heavy atom. The summed E-state index contributed by atoms with van der Waals surface area (Å²) in [7, 11) is -4.03. The quantitative estimate of drug-likeness (QED) is 0.373. The largest absolute Gasteiger partial charge is 0.435 e. The molecule has 0 aliphatic rings. The molecule has 33 heavy (non-hydrogen) atoms. The van der Waals surface area contributed by atoms with Crippen molar-refractivity contribution in [2.75, 3.05) is 4.72 Å². The molecule has 0 unspecified atom stereocenters. The zero-order valence-corrected chi connectivity index (χ0v) is 17.9. The lowest BCUT2D eigenvalue weighted by atomic mass is 10.2. The predicted molar refractivity (Wildman–Crippen MR) is 114 cm³/mol. The van der Waals surface area contributed by atoms with Crippen LogP contribution in [-0.4, -0.2) is 28.5 Å². The number of nitrogens with one attached hydrogen (secondary N) is 1. The zero-order chi connectivity index (χ0) is 23.2. The number of thiophene rings is 1. The highest BCUT2D eigenvalue weighted by Crippen LogP contribution is 2.35. The third-order valence-corrected chi connectivity index (χ3v) is 6.98. The lowest BCUT2D eigenvalue weighted by molar-refractivity contribution is -0.141. The number of fused-ring (bicyclic) bond motifs is 1. The molecule has 0 spiro atoms. The van der Waals surface area contributed by atoms with Crippen LogP contribution in [0, 0.1) is 0 Å². The number of benzene rings is 2. The third kappa shape index (κ3) is 3.96. The van der Waals surface area contributed by atoms with Crippen molar-refractivity contribution in [2.24, 2.45) is 0 Å². The molecule has 0 aliphatic heterocycles. The number of hydrogen-bond acceptors (Lipinski definition) is 7. The fraction of sp³-hybridized carbons (Fsp3) is 0.0500.